The summed E-state index contributed by atoms with van der Waals surface area (Å²) in [6.07, 6.45) is 9.29. The van der Waals surface area contributed by atoms with E-state index >= 15 is 0 Å². The van der Waals surface area contributed by atoms with Crippen molar-refractivity contribution in [2.45, 2.75) is 68.6 Å². The quantitative estimate of drug-likeness (QED) is 0.423. The number of rotatable bonds is 0. The van der Waals surface area contributed by atoms with Crippen LogP contribution in [0.25, 0.3) is 0 Å². The molecule has 1 amide bonds. The van der Waals surface area contributed by atoms with E-state index in [0.717, 1.165) is 62.3 Å². The number of aliphatic hydroxyl groups excluding tert-OH is 1. The molecule has 0 unspecified atom stereocenters. The molecule has 0 saturated heterocycles. The molecule has 214 valence electrons. The number of hydrogen-bond donors (Lipinski definition) is 2. The summed E-state index contributed by atoms with van der Waals surface area (Å²) in [7, 11) is -4.08. The second-order valence-corrected chi connectivity index (χ2v) is 14.6. The topological polar surface area (TPSA) is 95.9 Å². The van der Waals surface area contributed by atoms with E-state index in [0.29, 0.717) is 24.2 Å². The van der Waals surface area contributed by atoms with Gasteiger partial charge in [-0.25, -0.2) is 13.1 Å². The van der Waals surface area contributed by atoms with Crippen LogP contribution < -0.4 is 14.4 Å². The van der Waals surface area contributed by atoms with Gasteiger partial charge in [0.15, 0.2) is 0 Å². The van der Waals surface area contributed by atoms with Crippen molar-refractivity contribution in [3.05, 3.63) is 70.3 Å². The molecule has 0 aromatic heterocycles. The fourth-order valence-corrected chi connectivity index (χ4v) is 8.19. The van der Waals surface area contributed by atoms with E-state index in [1.807, 2.05) is 12.1 Å². The van der Waals surface area contributed by atoms with Gasteiger partial charge in [0.25, 0.3) is 5.91 Å². The smallest absolute Gasteiger partial charge is 0.264 e. The van der Waals surface area contributed by atoms with Crippen molar-refractivity contribution < 1.29 is 23.1 Å². The zero-order valence-electron chi connectivity index (χ0n) is 22.8. The molecule has 9 heteroatoms. The van der Waals surface area contributed by atoms with Crippen molar-refractivity contribution in [3.63, 3.8) is 0 Å². The average molecular weight is 585 g/mol. The van der Waals surface area contributed by atoms with E-state index in [2.05, 4.69) is 27.8 Å². The molecule has 2 aromatic rings. The van der Waals surface area contributed by atoms with Gasteiger partial charge in [-0.15, -0.1) is 0 Å². The largest absolute Gasteiger partial charge is 0.490 e. The Morgan fingerprint density at radius 1 is 1.10 bits per heavy atom. The molecule has 2 bridgehead atoms. The minimum absolute atomic E-state index is 0.214. The summed E-state index contributed by atoms with van der Waals surface area (Å²) in [5.74, 6) is 1.02. The van der Waals surface area contributed by atoms with Gasteiger partial charge in [0, 0.05) is 29.1 Å². The Labute approximate surface area is 241 Å². The maximum atomic E-state index is 13.2. The first-order chi connectivity index (χ1) is 19.1. The van der Waals surface area contributed by atoms with Gasteiger partial charge in [-0.05, 0) is 105 Å². The van der Waals surface area contributed by atoms with Gasteiger partial charge in [-0.1, -0.05) is 29.8 Å². The lowest BCUT2D eigenvalue weighted by molar-refractivity contribution is 0.0980. The summed E-state index contributed by atoms with van der Waals surface area (Å²) in [5.41, 5.74) is 3.42. The van der Waals surface area contributed by atoms with Gasteiger partial charge in [0.2, 0.25) is 10.0 Å². The Bertz CT molecular complexity index is 1440. The first-order valence-electron chi connectivity index (χ1n) is 14.3. The molecular weight excluding hydrogens is 548 g/mol. The number of nitrogens with one attached hydrogen (secondary N) is 1. The maximum Gasteiger partial charge on any atom is 0.264 e. The van der Waals surface area contributed by atoms with Crippen molar-refractivity contribution in [2.24, 2.45) is 11.8 Å². The van der Waals surface area contributed by atoms with Gasteiger partial charge in [0.1, 0.15) is 11.0 Å². The van der Waals surface area contributed by atoms with E-state index in [1.165, 1.54) is 18.1 Å². The van der Waals surface area contributed by atoms with Gasteiger partial charge >= 0.3 is 0 Å². The van der Waals surface area contributed by atoms with Crippen LogP contribution in [0.3, 0.4) is 0 Å². The van der Waals surface area contributed by atoms with Crippen molar-refractivity contribution in [2.75, 3.05) is 24.6 Å². The molecule has 4 aliphatic rings. The fourth-order valence-electron chi connectivity index (χ4n) is 6.91. The molecule has 2 aliphatic carbocycles. The number of allylic oxidation sites excluding steroid dienone is 1. The molecule has 7 nitrogen and oxygen atoms in total. The number of nitrogens with zero attached hydrogens (tertiary/aromatic N) is 1. The Kier molecular flexibility index (Phi) is 7.38. The molecule has 1 spiro atoms. The number of aliphatic hydroxyl groups is 1. The average Bonchev–Trinajstić information content (AvgIpc) is 3.06. The number of sulfonamides is 1. The van der Waals surface area contributed by atoms with Crippen LogP contribution in [-0.4, -0.2) is 50.5 Å². The second kappa shape index (κ2) is 10.7. The van der Waals surface area contributed by atoms with Crippen molar-refractivity contribution in [1.82, 2.24) is 4.72 Å². The summed E-state index contributed by atoms with van der Waals surface area (Å²) in [5, 5.41) is 10.1. The Balaban J connectivity index is 1.41. The van der Waals surface area contributed by atoms with Crippen molar-refractivity contribution in [3.8, 4) is 5.75 Å². The Morgan fingerprint density at radius 2 is 1.90 bits per heavy atom. The third-order valence-corrected chi connectivity index (χ3v) is 11.6. The third kappa shape index (κ3) is 5.14. The molecule has 2 heterocycles. The lowest BCUT2D eigenvalue weighted by atomic mass is 9.69. The zero-order chi connectivity index (χ0) is 28.1. The van der Waals surface area contributed by atoms with E-state index in [1.54, 1.807) is 18.2 Å². The normalized spacial score (nSPS) is 32.5. The highest BCUT2D eigenvalue weighted by molar-refractivity contribution is 7.90. The van der Waals surface area contributed by atoms with Crippen LogP contribution in [0.5, 0.6) is 5.75 Å². The zero-order valence-corrected chi connectivity index (χ0v) is 24.4. The van der Waals surface area contributed by atoms with Gasteiger partial charge in [-0.3, -0.25) is 4.79 Å². The van der Waals surface area contributed by atoms with Crippen LogP contribution in [0.4, 0.5) is 5.69 Å². The number of carbonyl (C=O) groups is 1. The highest BCUT2D eigenvalue weighted by Gasteiger charge is 2.43. The number of fused-ring (bicyclic) bond motifs is 4. The highest BCUT2D eigenvalue weighted by atomic mass is 35.5. The molecule has 1 saturated carbocycles. The molecule has 0 radical (unpaired) electrons. The van der Waals surface area contributed by atoms with E-state index in [4.69, 9.17) is 16.3 Å². The van der Waals surface area contributed by atoms with Crippen LogP contribution in [0.15, 0.2) is 48.6 Å². The van der Waals surface area contributed by atoms with Crippen LogP contribution >= 0.6 is 11.6 Å². The molecule has 5 atom stereocenters. The number of ether oxygens (including phenoxy) is 1. The molecule has 40 heavy (non-hydrogen) atoms. The summed E-state index contributed by atoms with van der Waals surface area (Å²) < 4.78 is 34.6. The summed E-state index contributed by atoms with van der Waals surface area (Å²) >= 11 is 6.37. The summed E-state index contributed by atoms with van der Waals surface area (Å²) in [6, 6.07) is 11.4. The SMILES string of the molecule is C[C@H]1[C@H](O)C/C=C/C[C@@H]2CC[C@H]2CN2C[C@@]3(CCCc4cc(Cl)ccc43)COc3ccc(cc32)C(=O)NS1(=O)=O. The van der Waals surface area contributed by atoms with E-state index in [9.17, 15) is 18.3 Å². The lowest BCUT2D eigenvalue weighted by Gasteiger charge is -2.44. The van der Waals surface area contributed by atoms with Crippen molar-refractivity contribution in [1.29, 1.82) is 0 Å². The summed E-state index contributed by atoms with van der Waals surface area (Å²) in [4.78, 5) is 15.6. The number of benzene rings is 2. The third-order valence-electron chi connectivity index (χ3n) is 9.58. The first-order valence-corrected chi connectivity index (χ1v) is 16.3. The summed E-state index contributed by atoms with van der Waals surface area (Å²) in [6.45, 7) is 3.54. The number of aryl methyl sites for hydroxylation is 1. The minimum atomic E-state index is -4.08. The molecule has 6 rings (SSSR count). The van der Waals surface area contributed by atoms with Crippen LogP contribution in [0.2, 0.25) is 5.02 Å². The van der Waals surface area contributed by atoms with Crippen molar-refractivity contribution >= 4 is 33.2 Å². The standard InChI is InChI=1S/C31H37ClN2O5S/c1-20-28(35)7-3-2-5-21-8-9-24(21)17-34-18-31(14-4-6-22-15-25(32)11-12-26(22)31)19-39-29-13-10-23(16-27(29)34)30(36)33-40(20,37)38/h2-3,10-13,15-16,20-21,24,28,35H,4-9,14,17-19H2,1H3,(H,33,36)/b3-2+/t20-,21+,24-,28+,31-/m0/s1. The molecule has 2 aliphatic heterocycles. The number of halogens is 1. The fraction of sp³-hybridized carbons (Fsp3) is 0.516. The van der Waals surface area contributed by atoms with Crippen LogP contribution in [0.1, 0.15) is 66.9 Å². The molecule has 1 fully saturated rings. The predicted molar refractivity (Wildman–Crippen MR) is 157 cm³/mol. The monoisotopic (exact) mass is 584 g/mol. The van der Waals surface area contributed by atoms with Gasteiger partial charge in [0.05, 0.1) is 18.4 Å². The predicted octanol–water partition coefficient (Wildman–Crippen LogP) is 5.00. The second-order valence-electron chi connectivity index (χ2n) is 12.1. The number of carbonyl (C=O) groups excluding carboxylic acids is 1. The lowest BCUT2D eigenvalue weighted by Crippen LogP contribution is -2.48. The number of anilines is 1. The Hall–Kier alpha value is -2.55. The van der Waals surface area contributed by atoms with E-state index in [-0.39, 0.29) is 17.4 Å². The van der Waals surface area contributed by atoms with Crippen LogP contribution in [-0.2, 0) is 21.9 Å². The van der Waals surface area contributed by atoms with E-state index < -0.39 is 27.3 Å². The molecule has 2 N–H and O–H groups in total. The number of hydrogen-bond acceptors (Lipinski definition) is 6. The first kappa shape index (κ1) is 27.6. The van der Waals surface area contributed by atoms with Crippen LogP contribution in [0, 0.1) is 11.8 Å². The Morgan fingerprint density at radius 3 is 2.70 bits per heavy atom. The number of amides is 1. The molecule has 2 aromatic carbocycles. The maximum absolute atomic E-state index is 13.2. The highest BCUT2D eigenvalue weighted by Crippen LogP contribution is 2.46. The van der Waals surface area contributed by atoms with Gasteiger partial charge < -0.3 is 14.7 Å². The van der Waals surface area contributed by atoms with Gasteiger partial charge in [-0.2, -0.15) is 0 Å². The molecular formula is C31H37ClN2O5S. The minimum Gasteiger partial charge on any atom is -0.490 e.